The fourth-order valence-electron chi connectivity index (χ4n) is 1.66. The van der Waals surface area contributed by atoms with E-state index in [1.807, 2.05) is 0 Å². The number of carboxylic acid groups (broad SMARTS) is 1. The molecule has 1 N–H and O–H groups in total. The molecule has 0 fully saturated rings. The third kappa shape index (κ3) is 2.98. The number of hydrogen-bond acceptors (Lipinski definition) is 5. The summed E-state index contributed by atoms with van der Waals surface area (Å²) in [5.41, 5.74) is 0.527. The molecule has 0 aliphatic carbocycles. The van der Waals surface area contributed by atoms with E-state index in [2.05, 4.69) is 0 Å². The first-order valence-electron chi connectivity index (χ1n) is 5.42. The molecular formula is C13H10O6. The van der Waals surface area contributed by atoms with Crippen molar-refractivity contribution in [1.82, 2.24) is 0 Å². The summed E-state index contributed by atoms with van der Waals surface area (Å²) in [6, 6.07) is 5.88. The van der Waals surface area contributed by atoms with Gasteiger partial charge in [-0.1, -0.05) is 0 Å². The highest BCUT2D eigenvalue weighted by atomic mass is 16.5. The van der Waals surface area contributed by atoms with Gasteiger partial charge in [0, 0.05) is 17.5 Å². The van der Waals surface area contributed by atoms with E-state index >= 15 is 0 Å². The molecule has 1 aromatic carbocycles. The highest BCUT2D eigenvalue weighted by molar-refractivity contribution is 5.91. The van der Waals surface area contributed by atoms with Crippen LogP contribution in [0.25, 0.3) is 11.0 Å². The second kappa shape index (κ2) is 4.93. The van der Waals surface area contributed by atoms with Crippen molar-refractivity contribution in [3.05, 3.63) is 40.2 Å². The molecule has 0 atom stereocenters. The van der Waals surface area contributed by atoms with Crippen LogP contribution in [-0.4, -0.2) is 17.0 Å². The zero-order valence-electron chi connectivity index (χ0n) is 10.0. The number of aliphatic carboxylic acids is 1. The van der Waals surface area contributed by atoms with Gasteiger partial charge in [0.05, 0.1) is 0 Å². The maximum atomic E-state index is 11.2. The molecule has 0 aliphatic rings. The molecule has 0 saturated carbocycles. The van der Waals surface area contributed by atoms with Crippen LogP contribution in [0.3, 0.4) is 0 Å². The van der Waals surface area contributed by atoms with Gasteiger partial charge in [-0.25, -0.2) is 4.79 Å². The molecule has 98 valence electrons. The molecule has 19 heavy (non-hydrogen) atoms. The summed E-state index contributed by atoms with van der Waals surface area (Å²) in [4.78, 5) is 32.8. The lowest BCUT2D eigenvalue weighted by Gasteiger charge is -2.04. The number of benzene rings is 1. The number of esters is 1. The van der Waals surface area contributed by atoms with Crippen molar-refractivity contribution < 1.29 is 23.8 Å². The number of carbonyl (C=O) groups excluding carboxylic acids is 1. The van der Waals surface area contributed by atoms with Gasteiger partial charge in [-0.15, -0.1) is 0 Å². The van der Waals surface area contributed by atoms with Crippen molar-refractivity contribution in [2.45, 2.75) is 13.3 Å². The number of hydrogen-bond donors (Lipinski definition) is 1. The van der Waals surface area contributed by atoms with Crippen LogP contribution >= 0.6 is 0 Å². The summed E-state index contributed by atoms with van der Waals surface area (Å²) in [6.45, 7) is 1.76. The summed E-state index contributed by atoms with van der Waals surface area (Å²) in [5.74, 6) is -2.03. The number of carboxylic acids is 1. The largest absolute Gasteiger partial charge is 0.481 e. The van der Waals surface area contributed by atoms with Crippen LogP contribution < -0.4 is 10.4 Å². The average molecular weight is 262 g/mol. The Balaban J connectivity index is 2.34. The molecule has 0 aliphatic heterocycles. The minimum atomic E-state index is -1.27. The lowest BCUT2D eigenvalue weighted by atomic mass is 10.1. The smallest absolute Gasteiger partial charge is 0.336 e. The van der Waals surface area contributed by atoms with Crippen molar-refractivity contribution in [1.29, 1.82) is 0 Å². The van der Waals surface area contributed by atoms with Crippen molar-refractivity contribution in [3.8, 4) is 5.75 Å². The molecule has 1 aromatic heterocycles. The van der Waals surface area contributed by atoms with Gasteiger partial charge < -0.3 is 14.3 Å². The first kappa shape index (κ1) is 12.8. The molecule has 6 heteroatoms. The van der Waals surface area contributed by atoms with E-state index in [-0.39, 0.29) is 11.3 Å². The Bertz CT molecular complexity index is 713. The number of rotatable bonds is 3. The van der Waals surface area contributed by atoms with E-state index in [1.54, 1.807) is 13.0 Å². The van der Waals surface area contributed by atoms with Gasteiger partial charge in [-0.3, -0.25) is 9.59 Å². The predicted molar refractivity (Wildman–Crippen MR) is 65.1 cm³/mol. The Hall–Kier alpha value is -2.63. The van der Waals surface area contributed by atoms with Gasteiger partial charge in [-0.05, 0) is 24.6 Å². The zero-order valence-corrected chi connectivity index (χ0v) is 10.0. The Kier molecular flexibility index (Phi) is 3.33. The third-order valence-electron chi connectivity index (χ3n) is 2.45. The van der Waals surface area contributed by atoms with Crippen LogP contribution in [0.5, 0.6) is 5.75 Å². The monoisotopic (exact) mass is 262 g/mol. The van der Waals surface area contributed by atoms with Gasteiger partial charge in [0.1, 0.15) is 17.8 Å². The fraction of sp³-hybridized carbons (Fsp3) is 0.154. The van der Waals surface area contributed by atoms with Crippen LogP contribution in [-0.2, 0) is 9.59 Å². The number of carbonyl (C=O) groups is 2. The SMILES string of the molecule is Cc1cc(=O)oc2cc(OC(=O)CC(=O)O)ccc12. The predicted octanol–water partition coefficient (Wildman–Crippen LogP) is 1.48. The van der Waals surface area contributed by atoms with Crippen molar-refractivity contribution in [2.24, 2.45) is 0 Å². The van der Waals surface area contributed by atoms with Crippen molar-refractivity contribution in [3.63, 3.8) is 0 Å². The molecule has 0 spiro atoms. The molecule has 1 heterocycles. The maximum Gasteiger partial charge on any atom is 0.336 e. The third-order valence-corrected chi connectivity index (χ3v) is 2.45. The van der Waals surface area contributed by atoms with Crippen LogP contribution in [0, 0.1) is 6.92 Å². The van der Waals surface area contributed by atoms with E-state index in [0.717, 1.165) is 10.9 Å². The summed E-state index contributed by atoms with van der Waals surface area (Å²) >= 11 is 0. The second-order valence-corrected chi connectivity index (χ2v) is 3.95. The average Bonchev–Trinajstić information content (AvgIpc) is 2.26. The quantitative estimate of drug-likeness (QED) is 0.389. The van der Waals surface area contributed by atoms with Gasteiger partial charge in [0.15, 0.2) is 0 Å². The normalized spacial score (nSPS) is 10.4. The van der Waals surface area contributed by atoms with Gasteiger partial charge >= 0.3 is 17.6 Å². The minimum absolute atomic E-state index is 0.132. The van der Waals surface area contributed by atoms with Crippen LogP contribution in [0.15, 0.2) is 33.5 Å². The lowest BCUT2D eigenvalue weighted by molar-refractivity contribution is -0.145. The molecule has 0 saturated heterocycles. The molecular weight excluding hydrogens is 252 g/mol. The Morgan fingerprint density at radius 3 is 2.74 bits per heavy atom. The Labute approximate surface area is 107 Å². The molecule has 0 radical (unpaired) electrons. The van der Waals surface area contributed by atoms with Crippen molar-refractivity contribution >= 4 is 22.9 Å². The van der Waals surface area contributed by atoms with Gasteiger partial charge in [0.2, 0.25) is 0 Å². The summed E-state index contributed by atoms with van der Waals surface area (Å²) in [7, 11) is 0. The van der Waals surface area contributed by atoms with Gasteiger partial charge in [0.25, 0.3) is 0 Å². The van der Waals surface area contributed by atoms with Crippen LogP contribution in [0.1, 0.15) is 12.0 Å². The number of ether oxygens (including phenoxy) is 1. The molecule has 0 amide bonds. The first-order chi connectivity index (χ1) is 8.95. The zero-order chi connectivity index (χ0) is 14.0. The van der Waals surface area contributed by atoms with E-state index in [9.17, 15) is 14.4 Å². The molecule has 2 rings (SSSR count). The van der Waals surface area contributed by atoms with E-state index in [1.165, 1.54) is 18.2 Å². The standard InChI is InChI=1S/C13H10O6/c1-7-4-12(16)19-10-5-8(2-3-9(7)10)18-13(17)6-11(14)15/h2-5H,6H2,1H3,(H,14,15). The minimum Gasteiger partial charge on any atom is -0.481 e. The van der Waals surface area contributed by atoms with Crippen LogP contribution in [0.4, 0.5) is 0 Å². The molecule has 0 bridgehead atoms. The fourth-order valence-corrected chi connectivity index (χ4v) is 1.66. The van der Waals surface area contributed by atoms with E-state index < -0.39 is 24.0 Å². The molecule has 2 aromatic rings. The number of aryl methyl sites for hydroxylation is 1. The Morgan fingerprint density at radius 2 is 2.05 bits per heavy atom. The first-order valence-corrected chi connectivity index (χ1v) is 5.42. The lowest BCUT2D eigenvalue weighted by Crippen LogP contribution is -2.13. The summed E-state index contributed by atoms with van der Waals surface area (Å²) in [6.07, 6.45) is -0.726. The highest BCUT2D eigenvalue weighted by Gasteiger charge is 2.11. The van der Waals surface area contributed by atoms with Crippen LogP contribution in [0.2, 0.25) is 0 Å². The van der Waals surface area contributed by atoms with Crippen molar-refractivity contribution in [2.75, 3.05) is 0 Å². The Morgan fingerprint density at radius 1 is 1.32 bits per heavy atom. The summed E-state index contributed by atoms with van der Waals surface area (Å²) in [5, 5.41) is 9.17. The topological polar surface area (TPSA) is 93.8 Å². The summed E-state index contributed by atoms with van der Waals surface area (Å²) < 4.78 is 9.81. The molecule has 6 nitrogen and oxygen atoms in total. The maximum absolute atomic E-state index is 11.2. The van der Waals surface area contributed by atoms with Gasteiger partial charge in [-0.2, -0.15) is 0 Å². The van der Waals surface area contributed by atoms with E-state index in [4.69, 9.17) is 14.3 Å². The van der Waals surface area contributed by atoms with E-state index in [0.29, 0.717) is 0 Å². The molecule has 0 unspecified atom stereocenters. The second-order valence-electron chi connectivity index (χ2n) is 3.95. The number of fused-ring (bicyclic) bond motifs is 1. The highest BCUT2D eigenvalue weighted by Crippen LogP contribution is 2.22.